The van der Waals surface area contributed by atoms with Crippen LogP contribution in [0.5, 0.6) is 0 Å². The Labute approximate surface area is 107 Å². The van der Waals surface area contributed by atoms with Crippen LogP contribution >= 0.6 is 0 Å². The molecule has 96 valence electrons. The van der Waals surface area contributed by atoms with Gasteiger partial charge in [-0.05, 0) is 38.9 Å². The maximum Gasteiger partial charge on any atom is 0.152 e. The van der Waals surface area contributed by atoms with E-state index < -0.39 is 0 Å². The van der Waals surface area contributed by atoms with Crippen LogP contribution in [0.3, 0.4) is 0 Å². The number of nitrogens with zero attached hydrogens (tertiary/aromatic N) is 4. The van der Waals surface area contributed by atoms with Gasteiger partial charge in [0.25, 0.3) is 0 Å². The molecule has 5 nitrogen and oxygen atoms in total. The second kappa shape index (κ2) is 4.94. The lowest BCUT2D eigenvalue weighted by molar-refractivity contribution is 0.352. The highest BCUT2D eigenvalue weighted by Crippen LogP contribution is 2.14. The van der Waals surface area contributed by atoms with Gasteiger partial charge in [-0.2, -0.15) is 5.10 Å². The Balaban J connectivity index is 1.66. The van der Waals surface area contributed by atoms with Crippen molar-refractivity contribution in [2.24, 2.45) is 0 Å². The molecule has 1 N–H and O–H groups in total. The monoisotopic (exact) mass is 245 g/mol. The van der Waals surface area contributed by atoms with Crippen molar-refractivity contribution in [3.8, 4) is 0 Å². The van der Waals surface area contributed by atoms with Crippen LogP contribution in [0, 0.1) is 6.92 Å². The molecule has 0 unspecified atom stereocenters. The van der Waals surface area contributed by atoms with Gasteiger partial charge in [-0.1, -0.05) is 0 Å². The summed E-state index contributed by atoms with van der Waals surface area (Å²) in [5.74, 6) is 0.928. The normalized spacial score (nSPS) is 16.5. The lowest BCUT2D eigenvalue weighted by atomic mass is 10.4. The summed E-state index contributed by atoms with van der Waals surface area (Å²) in [4.78, 5) is 6.89. The Bertz CT molecular complexity index is 527. The molecule has 1 aliphatic heterocycles. The molecule has 0 amide bonds. The van der Waals surface area contributed by atoms with Gasteiger partial charge < -0.3 is 10.2 Å². The molecule has 2 aromatic heterocycles. The van der Waals surface area contributed by atoms with Gasteiger partial charge in [-0.15, -0.1) is 0 Å². The van der Waals surface area contributed by atoms with Gasteiger partial charge in [0.1, 0.15) is 5.52 Å². The molecule has 18 heavy (non-hydrogen) atoms. The minimum absolute atomic E-state index is 0.928. The fourth-order valence-electron chi connectivity index (χ4n) is 2.52. The Morgan fingerprint density at radius 1 is 1.33 bits per heavy atom. The highest BCUT2D eigenvalue weighted by Gasteiger charge is 2.11. The molecule has 3 heterocycles. The molecular weight excluding hydrogens is 226 g/mol. The van der Waals surface area contributed by atoms with Crippen molar-refractivity contribution in [3.05, 3.63) is 24.2 Å². The van der Waals surface area contributed by atoms with Crippen LogP contribution in [0.1, 0.15) is 18.5 Å². The van der Waals surface area contributed by atoms with Crippen molar-refractivity contribution in [2.75, 3.05) is 31.5 Å². The maximum absolute atomic E-state index is 4.39. The summed E-state index contributed by atoms with van der Waals surface area (Å²) in [6, 6.07) is 2.06. The fraction of sp³-hybridized carbons (Fsp3) is 0.538. The third-order valence-electron chi connectivity index (χ3n) is 3.43. The Hall–Kier alpha value is -1.62. The third kappa shape index (κ3) is 2.31. The maximum atomic E-state index is 4.39. The van der Waals surface area contributed by atoms with Gasteiger partial charge in [-0.3, -0.25) is 0 Å². The minimum atomic E-state index is 0.928. The molecule has 0 radical (unpaired) electrons. The zero-order valence-corrected chi connectivity index (χ0v) is 10.8. The predicted molar refractivity (Wildman–Crippen MR) is 71.9 cm³/mol. The Morgan fingerprint density at radius 2 is 2.17 bits per heavy atom. The van der Waals surface area contributed by atoms with Crippen LogP contribution in [0.2, 0.25) is 0 Å². The second-order valence-electron chi connectivity index (χ2n) is 4.87. The average Bonchev–Trinajstić information content (AvgIpc) is 2.97. The molecule has 0 bridgehead atoms. The van der Waals surface area contributed by atoms with Gasteiger partial charge in [0, 0.05) is 25.5 Å². The van der Waals surface area contributed by atoms with Crippen molar-refractivity contribution in [2.45, 2.75) is 19.8 Å². The Morgan fingerprint density at radius 3 is 3.00 bits per heavy atom. The number of rotatable bonds is 4. The number of hydrogen-bond donors (Lipinski definition) is 1. The fourth-order valence-corrected chi connectivity index (χ4v) is 2.52. The summed E-state index contributed by atoms with van der Waals surface area (Å²) in [6.45, 7) is 6.52. The Kier molecular flexibility index (Phi) is 3.15. The standard InChI is InChI=1S/C13H19N5/c1-11-10-12-13(15-5-9-18(12)16-11)14-4-8-17-6-2-3-7-17/h5,9-10H,2-4,6-8H2,1H3,(H,14,15). The molecule has 0 spiro atoms. The topological polar surface area (TPSA) is 45.5 Å². The van der Waals surface area contributed by atoms with Crippen LogP contribution in [-0.4, -0.2) is 45.7 Å². The number of aromatic nitrogens is 3. The summed E-state index contributed by atoms with van der Waals surface area (Å²) in [5.41, 5.74) is 2.07. The zero-order chi connectivity index (χ0) is 12.4. The highest BCUT2D eigenvalue weighted by atomic mass is 15.2. The zero-order valence-electron chi connectivity index (χ0n) is 10.8. The number of aryl methyl sites for hydroxylation is 1. The van der Waals surface area contributed by atoms with E-state index in [1.165, 1.54) is 25.9 Å². The SMILES string of the molecule is Cc1cc2c(NCCN3CCCC3)nccn2n1. The molecule has 0 atom stereocenters. The number of likely N-dealkylation sites (tertiary alicyclic amines) is 1. The molecule has 0 saturated carbocycles. The van der Waals surface area contributed by atoms with Gasteiger partial charge in [0.05, 0.1) is 5.69 Å². The first-order chi connectivity index (χ1) is 8.83. The summed E-state index contributed by atoms with van der Waals surface area (Å²) in [6.07, 6.45) is 6.36. The number of hydrogen-bond acceptors (Lipinski definition) is 4. The van der Waals surface area contributed by atoms with E-state index in [1.807, 2.05) is 17.6 Å². The number of nitrogens with one attached hydrogen (secondary N) is 1. The first kappa shape index (κ1) is 11.5. The third-order valence-corrected chi connectivity index (χ3v) is 3.43. The quantitative estimate of drug-likeness (QED) is 0.887. The van der Waals surface area contributed by atoms with Crippen molar-refractivity contribution in [1.29, 1.82) is 0 Å². The number of fused-ring (bicyclic) bond motifs is 1. The van der Waals surface area contributed by atoms with Crippen LogP contribution in [0.15, 0.2) is 18.5 Å². The summed E-state index contributed by atoms with van der Waals surface area (Å²) < 4.78 is 1.88. The average molecular weight is 245 g/mol. The minimum Gasteiger partial charge on any atom is -0.367 e. The van der Waals surface area contributed by atoms with Gasteiger partial charge in [-0.25, -0.2) is 9.50 Å². The van der Waals surface area contributed by atoms with E-state index in [1.54, 1.807) is 6.20 Å². The van der Waals surface area contributed by atoms with Crippen LogP contribution in [-0.2, 0) is 0 Å². The number of anilines is 1. The van der Waals surface area contributed by atoms with Crippen LogP contribution in [0.25, 0.3) is 5.52 Å². The van der Waals surface area contributed by atoms with Gasteiger partial charge in [0.15, 0.2) is 5.82 Å². The molecule has 1 fully saturated rings. The molecule has 3 rings (SSSR count). The summed E-state index contributed by atoms with van der Waals surface area (Å²) in [7, 11) is 0. The molecule has 0 aromatic carbocycles. The van der Waals surface area contributed by atoms with E-state index in [0.717, 1.165) is 30.1 Å². The molecule has 5 heteroatoms. The molecular formula is C13H19N5. The van der Waals surface area contributed by atoms with E-state index in [2.05, 4.69) is 26.4 Å². The first-order valence-electron chi connectivity index (χ1n) is 6.60. The van der Waals surface area contributed by atoms with Gasteiger partial charge in [0.2, 0.25) is 0 Å². The second-order valence-corrected chi connectivity index (χ2v) is 4.87. The largest absolute Gasteiger partial charge is 0.367 e. The van der Waals surface area contributed by atoms with E-state index in [9.17, 15) is 0 Å². The summed E-state index contributed by atoms with van der Waals surface area (Å²) in [5, 5.41) is 7.80. The van der Waals surface area contributed by atoms with Crippen molar-refractivity contribution in [3.63, 3.8) is 0 Å². The molecule has 0 aliphatic carbocycles. The lowest BCUT2D eigenvalue weighted by Gasteiger charge is -2.15. The lowest BCUT2D eigenvalue weighted by Crippen LogP contribution is -2.26. The van der Waals surface area contributed by atoms with Crippen LogP contribution in [0.4, 0.5) is 5.82 Å². The molecule has 2 aromatic rings. The highest BCUT2D eigenvalue weighted by molar-refractivity contribution is 5.67. The van der Waals surface area contributed by atoms with Crippen molar-refractivity contribution in [1.82, 2.24) is 19.5 Å². The van der Waals surface area contributed by atoms with Crippen LogP contribution < -0.4 is 5.32 Å². The predicted octanol–water partition coefficient (Wildman–Crippen LogP) is 1.55. The molecule has 1 saturated heterocycles. The van der Waals surface area contributed by atoms with Gasteiger partial charge >= 0.3 is 0 Å². The van der Waals surface area contributed by atoms with E-state index in [0.29, 0.717) is 0 Å². The summed E-state index contributed by atoms with van der Waals surface area (Å²) >= 11 is 0. The van der Waals surface area contributed by atoms with E-state index >= 15 is 0 Å². The molecule has 1 aliphatic rings. The van der Waals surface area contributed by atoms with E-state index in [-0.39, 0.29) is 0 Å². The smallest absolute Gasteiger partial charge is 0.152 e. The van der Waals surface area contributed by atoms with Crippen molar-refractivity contribution < 1.29 is 0 Å². The van der Waals surface area contributed by atoms with E-state index in [4.69, 9.17) is 0 Å². The van der Waals surface area contributed by atoms with Crippen molar-refractivity contribution >= 4 is 11.3 Å². The first-order valence-corrected chi connectivity index (χ1v) is 6.60.